The zero-order valence-electron chi connectivity index (χ0n) is 4.46. The Hall–Kier alpha value is 0.385. The van der Waals surface area contributed by atoms with Crippen LogP contribution in [0.3, 0.4) is 0 Å². The van der Waals surface area contributed by atoms with E-state index in [2.05, 4.69) is 12.7 Å². The molecule has 0 aromatic carbocycles. The average Bonchev–Trinajstić information content (AvgIpc) is 1.61. The van der Waals surface area contributed by atoms with Gasteiger partial charge in [0.15, 0.2) is 0 Å². The van der Waals surface area contributed by atoms with Gasteiger partial charge in [0.1, 0.15) is 0 Å². The molecule has 2 heteroatoms. The second-order valence-electron chi connectivity index (χ2n) is 1.07. The molecule has 0 aromatic rings. The summed E-state index contributed by atoms with van der Waals surface area (Å²) < 4.78 is 0. The van der Waals surface area contributed by atoms with E-state index in [4.69, 9.17) is 0 Å². The smallest absolute Gasteiger partial charge is 0.00756 e. The fraction of sp³-hybridized carbons (Fsp3) is 0.200. The Bertz CT molecular complexity index is 59.1. The van der Waals surface area contributed by atoms with Gasteiger partial charge in [0.25, 0.3) is 0 Å². The molecule has 0 aliphatic heterocycles. The maximum Gasteiger partial charge on any atom is 0.00756 e. The molecule has 0 rings (SSSR count). The van der Waals surface area contributed by atoms with Crippen molar-refractivity contribution in [3.05, 3.63) is 24.8 Å². The Balaban J connectivity index is 0. The van der Waals surface area contributed by atoms with Crippen LogP contribution < -0.4 is 0 Å². The maximum atomic E-state index is 3.53. The summed E-state index contributed by atoms with van der Waals surface area (Å²) in [6.45, 7) is 3.53. The third-order valence-electron chi connectivity index (χ3n) is 0.508. The van der Waals surface area contributed by atoms with Gasteiger partial charge in [-0.15, -0.1) is 0 Å². The molecule has 0 aromatic heterocycles. The molecule has 0 saturated heterocycles. The van der Waals surface area contributed by atoms with Crippen LogP contribution in [-0.2, 0) is 21.1 Å². The molecule has 0 N–H and O–H groups in total. The first-order valence-electron chi connectivity index (χ1n) is 2.19. The van der Waals surface area contributed by atoms with Crippen molar-refractivity contribution in [2.45, 2.75) is 6.04 Å². The largest absolute Gasteiger partial charge is 0.0991 e. The van der Waals surface area contributed by atoms with E-state index in [-0.39, 0.29) is 21.1 Å². The first kappa shape index (κ1) is 10.4. The summed E-state index contributed by atoms with van der Waals surface area (Å²) in [4.78, 5) is 0. The fourth-order valence-corrected chi connectivity index (χ4v) is 0.504. The molecule has 0 heterocycles. The molecule has 0 atom stereocenters. The van der Waals surface area contributed by atoms with Crippen LogP contribution in [0.1, 0.15) is 0 Å². The first-order chi connectivity index (χ1) is 2.91. The van der Waals surface area contributed by atoms with Crippen molar-refractivity contribution >= 4 is 10.2 Å². The van der Waals surface area contributed by atoms with E-state index < -0.39 is 0 Å². The van der Waals surface area contributed by atoms with Crippen LogP contribution in [-0.4, -0.2) is 10.2 Å². The number of allylic oxidation sites excluding steroid dienone is 3. The zero-order chi connectivity index (χ0) is 4.83. The fourth-order valence-electron chi connectivity index (χ4n) is 0.232. The van der Waals surface area contributed by atoms with Crippen LogP contribution >= 0.6 is 0 Å². The molecule has 0 bridgehead atoms. The molecule has 0 unspecified atom stereocenters. The van der Waals surface area contributed by atoms with E-state index in [1.165, 1.54) is 16.3 Å². The Morgan fingerprint density at radius 3 is 2.29 bits per heavy atom. The number of rotatable bonds is 2. The van der Waals surface area contributed by atoms with E-state index in [9.17, 15) is 0 Å². The van der Waals surface area contributed by atoms with Gasteiger partial charge in [-0.3, -0.25) is 0 Å². The van der Waals surface area contributed by atoms with Crippen LogP contribution in [0.15, 0.2) is 24.8 Å². The molecule has 0 saturated carbocycles. The van der Waals surface area contributed by atoms with E-state index in [0.29, 0.717) is 0 Å². The summed E-state index contributed by atoms with van der Waals surface area (Å²) >= 11 is 0. The van der Waals surface area contributed by atoms with Crippen LogP contribution in [0.5, 0.6) is 0 Å². The third-order valence-corrected chi connectivity index (χ3v) is 0.979. The van der Waals surface area contributed by atoms with Gasteiger partial charge >= 0.3 is 0 Å². The standard InChI is InChI=1S/C5H10Si.Pt/c1-2-3-4-5-6;/h2-4H,1,5H2,6H3;. The van der Waals surface area contributed by atoms with Gasteiger partial charge in [0.05, 0.1) is 0 Å². The molecular weight excluding hydrogens is 283 g/mol. The molecule has 0 nitrogen and oxygen atoms in total. The normalized spacial score (nSPS) is 8.57. The average molecular weight is 293 g/mol. The minimum absolute atomic E-state index is 0. The van der Waals surface area contributed by atoms with Gasteiger partial charge in [-0.05, 0) is 6.04 Å². The SMILES string of the molecule is C=CC=CC[SiH3].[Pt]. The van der Waals surface area contributed by atoms with Gasteiger partial charge in [-0.1, -0.05) is 24.8 Å². The van der Waals surface area contributed by atoms with Crippen LogP contribution in [0.25, 0.3) is 0 Å². The van der Waals surface area contributed by atoms with Crippen molar-refractivity contribution in [1.82, 2.24) is 0 Å². The Kier molecular flexibility index (Phi) is 14.3. The summed E-state index contributed by atoms with van der Waals surface area (Å²) in [5.41, 5.74) is 0. The van der Waals surface area contributed by atoms with Crippen LogP contribution in [0.4, 0.5) is 0 Å². The topological polar surface area (TPSA) is 0 Å². The summed E-state index contributed by atoms with van der Waals surface area (Å²) in [5, 5.41) is 0. The molecule has 7 heavy (non-hydrogen) atoms. The summed E-state index contributed by atoms with van der Waals surface area (Å²) in [5.74, 6) is 0. The van der Waals surface area contributed by atoms with Crippen molar-refractivity contribution in [3.63, 3.8) is 0 Å². The van der Waals surface area contributed by atoms with E-state index >= 15 is 0 Å². The monoisotopic (exact) mass is 293 g/mol. The van der Waals surface area contributed by atoms with Gasteiger partial charge in [0.2, 0.25) is 0 Å². The summed E-state index contributed by atoms with van der Waals surface area (Å²) in [6.07, 6.45) is 5.91. The first-order valence-corrected chi connectivity index (χ1v) is 3.60. The number of hydrogen-bond donors (Lipinski definition) is 0. The van der Waals surface area contributed by atoms with Crippen molar-refractivity contribution in [2.24, 2.45) is 0 Å². The minimum Gasteiger partial charge on any atom is -0.0991 e. The molecule has 0 fully saturated rings. The number of hydrogen-bond acceptors (Lipinski definition) is 0. The predicted molar refractivity (Wildman–Crippen MR) is 34.1 cm³/mol. The Morgan fingerprint density at radius 2 is 2.14 bits per heavy atom. The van der Waals surface area contributed by atoms with E-state index in [1.54, 1.807) is 6.08 Å². The van der Waals surface area contributed by atoms with E-state index in [0.717, 1.165) is 0 Å². The molecule has 0 amide bonds. The van der Waals surface area contributed by atoms with Gasteiger partial charge in [-0.25, -0.2) is 0 Å². The van der Waals surface area contributed by atoms with Gasteiger partial charge in [0, 0.05) is 31.3 Å². The summed E-state index contributed by atoms with van der Waals surface area (Å²) in [6, 6.07) is 1.24. The molecule has 0 aliphatic carbocycles. The van der Waals surface area contributed by atoms with E-state index in [1.807, 2.05) is 6.08 Å². The second kappa shape index (κ2) is 9.63. The molecule has 0 spiro atoms. The maximum absolute atomic E-state index is 3.53. The van der Waals surface area contributed by atoms with Crippen molar-refractivity contribution in [1.29, 1.82) is 0 Å². The Morgan fingerprint density at radius 1 is 1.57 bits per heavy atom. The van der Waals surface area contributed by atoms with Crippen molar-refractivity contribution in [2.75, 3.05) is 0 Å². The van der Waals surface area contributed by atoms with Crippen LogP contribution in [0.2, 0.25) is 6.04 Å². The predicted octanol–water partition coefficient (Wildman–Crippen LogP) is 0.510. The molecule has 0 radical (unpaired) electrons. The van der Waals surface area contributed by atoms with Gasteiger partial charge < -0.3 is 0 Å². The van der Waals surface area contributed by atoms with Gasteiger partial charge in [-0.2, -0.15) is 0 Å². The Labute approximate surface area is 62.4 Å². The minimum atomic E-state index is 0. The third kappa shape index (κ3) is 10.7. The second-order valence-corrected chi connectivity index (χ2v) is 1.89. The van der Waals surface area contributed by atoms with Crippen LogP contribution in [0, 0.1) is 0 Å². The molecular formula is C5H10PtSi. The zero-order valence-corrected chi connectivity index (χ0v) is 8.73. The molecule has 44 valence electrons. The molecule has 0 aliphatic rings. The van der Waals surface area contributed by atoms with Crippen molar-refractivity contribution < 1.29 is 21.1 Å². The quantitative estimate of drug-likeness (QED) is 0.514. The van der Waals surface area contributed by atoms with Crippen molar-refractivity contribution in [3.8, 4) is 0 Å². The summed E-state index contributed by atoms with van der Waals surface area (Å²) in [7, 11) is 1.27.